The van der Waals surface area contributed by atoms with Crippen molar-refractivity contribution in [3.05, 3.63) is 0 Å². The zero-order valence-electron chi connectivity index (χ0n) is 11.0. The van der Waals surface area contributed by atoms with Crippen LogP contribution in [0.2, 0.25) is 0 Å². The highest BCUT2D eigenvalue weighted by Gasteiger charge is 2.32. The Hall–Kier alpha value is -0.610. The summed E-state index contributed by atoms with van der Waals surface area (Å²) >= 11 is 0. The highest BCUT2D eigenvalue weighted by atomic mass is 16.5. The van der Waals surface area contributed by atoms with Crippen LogP contribution in [0.1, 0.15) is 41.0 Å². The molecule has 0 aromatic carbocycles. The Morgan fingerprint density at radius 2 is 1.81 bits per heavy atom. The van der Waals surface area contributed by atoms with Crippen molar-refractivity contribution in [3.8, 4) is 0 Å². The molecule has 0 bridgehead atoms. The molecule has 0 amide bonds. The Balaban J connectivity index is 4.22. The van der Waals surface area contributed by atoms with Crippen molar-refractivity contribution in [2.75, 3.05) is 19.8 Å². The van der Waals surface area contributed by atoms with E-state index < -0.39 is 11.0 Å². The molecule has 4 heteroatoms. The van der Waals surface area contributed by atoms with Gasteiger partial charge in [0, 0.05) is 6.61 Å². The van der Waals surface area contributed by atoms with Crippen molar-refractivity contribution in [2.24, 2.45) is 5.41 Å². The molecule has 0 aliphatic carbocycles. The average molecular weight is 232 g/mol. The molecular formula is C12H24O4. The molecule has 0 saturated carbocycles. The number of hydrogen-bond acceptors (Lipinski definition) is 4. The molecule has 0 aliphatic rings. The van der Waals surface area contributed by atoms with E-state index in [0.717, 1.165) is 0 Å². The molecule has 96 valence electrons. The maximum atomic E-state index is 11.6. The van der Waals surface area contributed by atoms with E-state index >= 15 is 0 Å². The van der Waals surface area contributed by atoms with Gasteiger partial charge in [-0.25, -0.2) is 0 Å². The van der Waals surface area contributed by atoms with Crippen LogP contribution in [0.25, 0.3) is 0 Å². The quantitative estimate of drug-likeness (QED) is 0.679. The molecule has 4 nitrogen and oxygen atoms in total. The molecule has 0 unspecified atom stereocenters. The van der Waals surface area contributed by atoms with Gasteiger partial charge in [-0.1, -0.05) is 0 Å². The normalized spacial score (nSPS) is 12.6. The van der Waals surface area contributed by atoms with Crippen LogP contribution in [-0.4, -0.2) is 36.5 Å². The largest absolute Gasteiger partial charge is 0.466 e. The van der Waals surface area contributed by atoms with Crippen LogP contribution in [0, 0.1) is 5.41 Å². The Labute approximate surface area is 97.9 Å². The Morgan fingerprint density at radius 1 is 1.25 bits per heavy atom. The van der Waals surface area contributed by atoms with Crippen LogP contribution < -0.4 is 0 Å². The van der Waals surface area contributed by atoms with Crippen LogP contribution >= 0.6 is 0 Å². The van der Waals surface area contributed by atoms with Gasteiger partial charge in [0.05, 0.1) is 24.2 Å². The highest BCUT2D eigenvalue weighted by Crippen LogP contribution is 2.23. The standard InChI is InChI=1S/C12H24O4/c1-6-15-10(14)11(2,3)9-16-12(4,5)7-8-13/h13H,6-9H2,1-5H3. The van der Waals surface area contributed by atoms with Crippen LogP contribution in [0.4, 0.5) is 0 Å². The van der Waals surface area contributed by atoms with Crippen molar-refractivity contribution < 1.29 is 19.4 Å². The van der Waals surface area contributed by atoms with Gasteiger partial charge in [0.25, 0.3) is 0 Å². The third kappa shape index (κ3) is 5.47. The summed E-state index contributed by atoms with van der Waals surface area (Å²) in [4.78, 5) is 11.6. The summed E-state index contributed by atoms with van der Waals surface area (Å²) in [6, 6.07) is 0. The summed E-state index contributed by atoms with van der Waals surface area (Å²) in [5.74, 6) is -0.255. The van der Waals surface area contributed by atoms with Gasteiger partial charge in [-0.15, -0.1) is 0 Å². The monoisotopic (exact) mass is 232 g/mol. The van der Waals surface area contributed by atoms with Gasteiger partial charge in [0.15, 0.2) is 0 Å². The molecule has 0 heterocycles. The third-order valence-corrected chi connectivity index (χ3v) is 2.37. The van der Waals surface area contributed by atoms with E-state index in [4.69, 9.17) is 14.6 Å². The zero-order valence-corrected chi connectivity index (χ0v) is 11.0. The number of aliphatic hydroxyl groups is 1. The van der Waals surface area contributed by atoms with Gasteiger partial charge in [0.1, 0.15) is 0 Å². The fraction of sp³-hybridized carbons (Fsp3) is 0.917. The lowest BCUT2D eigenvalue weighted by Crippen LogP contribution is -2.37. The number of carbonyl (C=O) groups excluding carboxylic acids is 1. The van der Waals surface area contributed by atoms with E-state index in [9.17, 15) is 4.79 Å². The molecule has 0 saturated heterocycles. The van der Waals surface area contributed by atoms with Crippen LogP contribution in [0.5, 0.6) is 0 Å². The number of hydrogen-bond donors (Lipinski definition) is 1. The molecule has 16 heavy (non-hydrogen) atoms. The fourth-order valence-corrected chi connectivity index (χ4v) is 1.10. The number of ether oxygens (including phenoxy) is 2. The molecule has 0 spiro atoms. The van der Waals surface area contributed by atoms with Gasteiger partial charge in [-0.3, -0.25) is 4.79 Å². The summed E-state index contributed by atoms with van der Waals surface area (Å²) in [6.07, 6.45) is 0.548. The number of esters is 1. The van der Waals surface area contributed by atoms with Crippen molar-refractivity contribution >= 4 is 5.97 Å². The summed E-state index contributed by atoms with van der Waals surface area (Å²) in [7, 11) is 0. The Bertz CT molecular complexity index is 221. The van der Waals surface area contributed by atoms with E-state index in [1.165, 1.54) is 0 Å². The zero-order chi connectivity index (χ0) is 12.8. The lowest BCUT2D eigenvalue weighted by molar-refractivity contribution is -0.161. The minimum Gasteiger partial charge on any atom is -0.466 e. The maximum Gasteiger partial charge on any atom is 0.313 e. The van der Waals surface area contributed by atoms with Gasteiger partial charge in [-0.05, 0) is 41.0 Å². The fourth-order valence-electron chi connectivity index (χ4n) is 1.10. The number of aliphatic hydroxyl groups excluding tert-OH is 1. The highest BCUT2D eigenvalue weighted by molar-refractivity contribution is 5.76. The molecule has 0 rings (SSSR count). The lowest BCUT2D eigenvalue weighted by atomic mass is 9.94. The predicted molar refractivity (Wildman–Crippen MR) is 62.1 cm³/mol. The van der Waals surface area contributed by atoms with E-state index in [2.05, 4.69) is 0 Å². The van der Waals surface area contributed by atoms with Gasteiger partial charge < -0.3 is 14.6 Å². The van der Waals surface area contributed by atoms with Gasteiger partial charge in [0.2, 0.25) is 0 Å². The lowest BCUT2D eigenvalue weighted by Gasteiger charge is -2.30. The molecule has 0 atom stereocenters. The first-order valence-corrected chi connectivity index (χ1v) is 5.67. The summed E-state index contributed by atoms with van der Waals surface area (Å²) in [5, 5.41) is 8.85. The maximum absolute atomic E-state index is 11.6. The first-order chi connectivity index (χ1) is 7.25. The molecular weight excluding hydrogens is 208 g/mol. The molecule has 0 aliphatic heterocycles. The second kappa shape index (κ2) is 6.21. The smallest absolute Gasteiger partial charge is 0.313 e. The van der Waals surface area contributed by atoms with E-state index in [1.54, 1.807) is 20.8 Å². The second-order valence-corrected chi connectivity index (χ2v) is 5.13. The number of rotatable bonds is 7. The summed E-state index contributed by atoms with van der Waals surface area (Å²) in [5.41, 5.74) is -1.07. The molecule has 0 radical (unpaired) electrons. The van der Waals surface area contributed by atoms with E-state index in [-0.39, 0.29) is 12.6 Å². The first kappa shape index (κ1) is 15.4. The Morgan fingerprint density at radius 3 is 2.25 bits per heavy atom. The van der Waals surface area contributed by atoms with Gasteiger partial charge >= 0.3 is 5.97 Å². The van der Waals surface area contributed by atoms with Crippen molar-refractivity contribution in [3.63, 3.8) is 0 Å². The third-order valence-electron chi connectivity index (χ3n) is 2.37. The first-order valence-electron chi connectivity index (χ1n) is 5.67. The minimum absolute atomic E-state index is 0.0762. The number of carbonyl (C=O) groups is 1. The minimum atomic E-state index is -0.650. The average Bonchev–Trinajstić information content (AvgIpc) is 2.15. The SMILES string of the molecule is CCOC(=O)C(C)(C)COC(C)(C)CCO. The molecule has 0 fully saturated rings. The van der Waals surface area contributed by atoms with E-state index in [0.29, 0.717) is 19.6 Å². The van der Waals surface area contributed by atoms with Crippen molar-refractivity contribution in [1.82, 2.24) is 0 Å². The Kier molecular flexibility index (Phi) is 5.97. The van der Waals surface area contributed by atoms with Crippen LogP contribution in [0.15, 0.2) is 0 Å². The predicted octanol–water partition coefficient (Wildman–Crippen LogP) is 1.75. The topological polar surface area (TPSA) is 55.8 Å². The van der Waals surface area contributed by atoms with Crippen molar-refractivity contribution in [2.45, 2.75) is 46.6 Å². The van der Waals surface area contributed by atoms with Crippen LogP contribution in [-0.2, 0) is 14.3 Å². The molecule has 0 aromatic rings. The van der Waals surface area contributed by atoms with Crippen LogP contribution in [0.3, 0.4) is 0 Å². The summed E-state index contributed by atoms with van der Waals surface area (Å²) < 4.78 is 10.6. The van der Waals surface area contributed by atoms with Gasteiger partial charge in [-0.2, -0.15) is 0 Å². The second-order valence-electron chi connectivity index (χ2n) is 5.13. The van der Waals surface area contributed by atoms with Crippen molar-refractivity contribution in [1.29, 1.82) is 0 Å². The molecule has 1 N–H and O–H groups in total. The summed E-state index contributed by atoms with van der Waals surface area (Å²) in [6.45, 7) is 9.90. The molecule has 0 aromatic heterocycles. The van der Waals surface area contributed by atoms with E-state index in [1.807, 2.05) is 13.8 Å².